The second kappa shape index (κ2) is 7.55. The lowest BCUT2D eigenvalue weighted by Crippen LogP contribution is -2.15. The fourth-order valence-corrected chi connectivity index (χ4v) is 3.80. The maximum atomic E-state index is 12.7. The van der Waals surface area contributed by atoms with Gasteiger partial charge in [0.15, 0.2) is 4.34 Å². The highest BCUT2D eigenvalue weighted by molar-refractivity contribution is 8.01. The number of thioether (sulfide) groups is 1. The SMILES string of the molecule is CC(C)(C)c1csc(SCC(=O)Nc2cc(C(F)(F)F)ccc2Cl)n1. The van der Waals surface area contributed by atoms with Crippen LogP contribution in [-0.4, -0.2) is 16.6 Å². The van der Waals surface area contributed by atoms with Crippen LogP contribution in [0.25, 0.3) is 0 Å². The molecule has 0 aliphatic heterocycles. The quantitative estimate of drug-likeness (QED) is 0.646. The molecule has 1 aromatic carbocycles. The molecule has 1 heterocycles. The molecule has 0 saturated heterocycles. The van der Waals surface area contributed by atoms with Crippen LogP contribution in [0.4, 0.5) is 18.9 Å². The molecule has 1 aromatic heterocycles. The molecule has 0 unspecified atom stereocenters. The van der Waals surface area contributed by atoms with Crippen molar-refractivity contribution in [1.82, 2.24) is 4.98 Å². The maximum Gasteiger partial charge on any atom is 0.416 e. The van der Waals surface area contributed by atoms with Crippen molar-refractivity contribution in [3.05, 3.63) is 39.9 Å². The number of rotatable bonds is 4. The van der Waals surface area contributed by atoms with Crippen molar-refractivity contribution in [2.24, 2.45) is 0 Å². The Hall–Kier alpha value is -1.25. The zero-order valence-corrected chi connectivity index (χ0v) is 16.1. The number of hydrogen-bond acceptors (Lipinski definition) is 4. The number of alkyl halides is 3. The van der Waals surface area contributed by atoms with Crippen LogP contribution in [0, 0.1) is 0 Å². The predicted octanol–water partition coefficient (Wildman–Crippen LogP) is 5.84. The molecule has 0 fully saturated rings. The Labute approximate surface area is 157 Å². The van der Waals surface area contributed by atoms with Gasteiger partial charge in [-0.25, -0.2) is 4.98 Å². The van der Waals surface area contributed by atoms with Crippen LogP contribution in [0.3, 0.4) is 0 Å². The molecule has 9 heteroatoms. The molecule has 0 bridgehead atoms. The standard InChI is InChI=1S/C16H16ClF3N2OS2/c1-15(2,3)12-7-24-14(22-12)25-8-13(23)21-11-6-9(16(18,19)20)4-5-10(11)17/h4-7H,8H2,1-3H3,(H,21,23). The molecule has 1 N–H and O–H groups in total. The molecule has 0 aliphatic carbocycles. The number of halogens is 4. The minimum absolute atomic E-state index is 0.0314. The van der Waals surface area contributed by atoms with Gasteiger partial charge < -0.3 is 5.32 Å². The number of aromatic nitrogens is 1. The molecule has 136 valence electrons. The van der Waals surface area contributed by atoms with Crippen molar-refractivity contribution >= 4 is 46.3 Å². The zero-order valence-electron chi connectivity index (χ0n) is 13.7. The van der Waals surface area contributed by atoms with Crippen LogP contribution < -0.4 is 5.32 Å². The average Bonchev–Trinajstić information content (AvgIpc) is 2.95. The Bertz CT molecular complexity index is 769. The minimum atomic E-state index is -4.50. The summed E-state index contributed by atoms with van der Waals surface area (Å²) in [5.74, 6) is -0.414. The van der Waals surface area contributed by atoms with E-state index in [2.05, 4.69) is 10.3 Å². The van der Waals surface area contributed by atoms with E-state index in [4.69, 9.17) is 11.6 Å². The van der Waals surface area contributed by atoms with Gasteiger partial charge in [-0.05, 0) is 18.2 Å². The van der Waals surface area contributed by atoms with E-state index in [1.807, 2.05) is 26.2 Å². The van der Waals surface area contributed by atoms with E-state index in [0.29, 0.717) is 0 Å². The number of carbonyl (C=O) groups excluding carboxylic acids is 1. The van der Waals surface area contributed by atoms with Crippen molar-refractivity contribution in [2.75, 3.05) is 11.1 Å². The van der Waals surface area contributed by atoms with Crippen molar-refractivity contribution in [2.45, 2.75) is 36.7 Å². The number of anilines is 1. The summed E-state index contributed by atoms with van der Waals surface area (Å²) in [6.45, 7) is 6.12. The second-order valence-electron chi connectivity index (χ2n) is 6.28. The van der Waals surface area contributed by atoms with Gasteiger partial charge in [0.25, 0.3) is 0 Å². The van der Waals surface area contributed by atoms with E-state index in [9.17, 15) is 18.0 Å². The number of amides is 1. The smallest absolute Gasteiger partial charge is 0.324 e. The second-order valence-corrected chi connectivity index (χ2v) is 8.77. The first kappa shape index (κ1) is 20.1. The predicted molar refractivity (Wildman–Crippen MR) is 96.6 cm³/mol. The van der Waals surface area contributed by atoms with E-state index in [-0.39, 0.29) is 21.9 Å². The van der Waals surface area contributed by atoms with Crippen molar-refractivity contribution in [3.8, 4) is 0 Å². The van der Waals surface area contributed by atoms with Crippen molar-refractivity contribution in [1.29, 1.82) is 0 Å². The van der Waals surface area contributed by atoms with Gasteiger partial charge in [0.05, 0.1) is 27.7 Å². The Morgan fingerprint density at radius 3 is 2.56 bits per heavy atom. The first-order valence-electron chi connectivity index (χ1n) is 7.22. The van der Waals surface area contributed by atoms with Gasteiger partial charge in [0, 0.05) is 10.8 Å². The highest BCUT2D eigenvalue weighted by atomic mass is 35.5. The van der Waals surface area contributed by atoms with Crippen LogP contribution in [0.1, 0.15) is 32.0 Å². The van der Waals surface area contributed by atoms with Gasteiger partial charge in [-0.1, -0.05) is 44.1 Å². The van der Waals surface area contributed by atoms with Gasteiger partial charge in [-0.3, -0.25) is 4.79 Å². The van der Waals surface area contributed by atoms with E-state index >= 15 is 0 Å². The Balaban J connectivity index is 2.00. The van der Waals surface area contributed by atoms with E-state index in [0.717, 1.165) is 28.2 Å². The third kappa shape index (κ3) is 5.62. The maximum absolute atomic E-state index is 12.7. The summed E-state index contributed by atoms with van der Waals surface area (Å²) in [5, 5.41) is 4.40. The summed E-state index contributed by atoms with van der Waals surface area (Å²) < 4.78 is 38.9. The summed E-state index contributed by atoms with van der Waals surface area (Å²) in [6, 6.07) is 2.81. The van der Waals surface area contributed by atoms with E-state index in [1.54, 1.807) is 0 Å². The summed E-state index contributed by atoms with van der Waals surface area (Å²) in [4.78, 5) is 16.5. The summed E-state index contributed by atoms with van der Waals surface area (Å²) in [7, 11) is 0. The number of nitrogens with zero attached hydrogens (tertiary/aromatic N) is 1. The van der Waals surface area contributed by atoms with Gasteiger partial charge in [0.2, 0.25) is 5.91 Å². The lowest BCUT2D eigenvalue weighted by molar-refractivity contribution is -0.137. The third-order valence-electron chi connectivity index (χ3n) is 3.15. The fraction of sp³-hybridized carbons (Fsp3) is 0.375. The Morgan fingerprint density at radius 1 is 1.32 bits per heavy atom. The summed E-state index contributed by atoms with van der Waals surface area (Å²) in [6.07, 6.45) is -4.50. The van der Waals surface area contributed by atoms with Crippen molar-refractivity contribution in [3.63, 3.8) is 0 Å². The fourth-order valence-electron chi connectivity index (χ4n) is 1.78. The van der Waals surface area contributed by atoms with Crippen LogP contribution >= 0.6 is 34.7 Å². The molecule has 3 nitrogen and oxygen atoms in total. The highest BCUT2D eigenvalue weighted by Gasteiger charge is 2.31. The number of benzene rings is 1. The van der Waals surface area contributed by atoms with Gasteiger partial charge in [-0.2, -0.15) is 13.2 Å². The summed E-state index contributed by atoms with van der Waals surface area (Å²) in [5.41, 5.74) is -0.0733. The van der Waals surface area contributed by atoms with E-state index < -0.39 is 17.6 Å². The molecule has 25 heavy (non-hydrogen) atoms. The number of hydrogen-bond donors (Lipinski definition) is 1. The number of carbonyl (C=O) groups is 1. The Kier molecular flexibility index (Phi) is 6.06. The molecule has 2 aromatic rings. The first-order chi connectivity index (χ1) is 11.5. The van der Waals surface area contributed by atoms with Crippen LogP contribution in [-0.2, 0) is 16.4 Å². The van der Waals surface area contributed by atoms with Gasteiger partial charge in [0.1, 0.15) is 0 Å². The largest absolute Gasteiger partial charge is 0.416 e. The molecule has 0 saturated carbocycles. The minimum Gasteiger partial charge on any atom is -0.324 e. The summed E-state index contributed by atoms with van der Waals surface area (Å²) >= 11 is 8.52. The third-order valence-corrected chi connectivity index (χ3v) is 5.50. The molecular weight excluding hydrogens is 393 g/mol. The lowest BCUT2D eigenvalue weighted by atomic mass is 9.93. The molecule has 1 amide bonds. The zero-order chi connectivity index (χ0) is 18.8. The topological polar surface area (TPSA) is 42.0 Å². The average molecular weight is 409 g/mol. The van der Waals surface area contributed by atoms with E-state index in [1.165, 1.54) is 23.1 Å². The lowest BCUT2D eigenvalue weighted by Gasteiger charge is -2.14. The van der Waals surface area contributed by atoms with Crippen LogP contribution in [0.2, 0.25) is 5.02 Å². The van der Waals surface area contributed by atoms with Gasteiger partial charge in [-0.15, -0.1) is 11.3 Å². The molecule has 0 radical (unpaired) electrons. The van der Waals surface area contributed by atoms with Gasteiger partial charge >= 0.3 is 6.18 Å². The highest BCUT2D eigenvalue weighted by Crippen LogP contribution is 2.34. The molecule has 0 aliphatic rings. The number of nitrogens with one attached hydrogen (secondary N) is 1. The van der Waals surface area contributed by atoms with Crippen molar-refractivity contribution < 1.29 is 18.0 Å². The molecule has 2 rings (SSSR count). The van der Waals surface area contributed by atoms with Crippen LogP contribution in [0.5, 0.6) is 0 Å². The van der Waals surface area contributed by atoms with Crippen LogP contribution in [0.15, 0.2) is 27.9 Å². The molecule has 0 spiro atoms. The molecular formula is C16H16ClF3N2OS2. The Morgan fingerprint density at radius 2 is 2.00 bits per heavy atom. The first-order valence-corrected chi connectivity index (χ1v) is 9.46. The monoisotopic (exact) mass is 408 g/mol. The normalized spacial score (nSPS) is 12.3. The molecule has 0 atom stereocenters. The number of thiazole rings is 1.